The number of aromatic nitrogens is 2. The number of hydrogen-bond donors (Lipinski definition) is 1. The highest BCUT2D eigenvalue weighted by Crippen LogP contribution is 2.24. The second kappa shape index (κ2) is 3.84. The van der Waals surface area contributed by atoms with Crippen molar-refractivity contribution in [2.75, 3.05) is 0 Å². The van der Waals surface area contributed by atoms with Crippen LogP contribution in [-0.2, 0) is 5.41 Å². The monoisotopic (exact) mass is 227 g/mol. The molecule has 0 unspecified atom stereocenters. The molecule has 0 aliphatic rings. The van der Waals surface area contributed by atoms with Gasteiger partial charge < -0.3 is 5.73 Å². The molecular weight excluding hydrogens is 210 g/mol. The van der Waals surface area contributed by atoms with E-state index >= 15 is 0 Å². The summed E-state index contributed by atoms with van der Waals surface area (Å²) in [5.41, 5.74) is 9.80. The highest BCUT2D eigenvalue weighted by atomic mass is 14.8. The van der Waals surface area contributed by atoms with Gasteiger partial charge in [0.2, 0.25) is 0 Å². The van der Waals surface area contributed by atoms with Crippen molar-refractivity contribution < 1.29 is 0 Å². The van der Waals surface area contributed by atoms with Crippen LogP contribution in [0.1, 0.15) is 32.0 Å². The molecule has 0 bridgehead atoms. The van der Waals surface area contributed by atoms with Crippen LogP contribution in [0.3, 0.4) is 0 Å². The molecule has 1 aromatic heterocycles. The highest BCUT2D eigenvalue weighted by Gasteiger charge is 2.14. The third-order valence-electron chi connectivity index (χ3n) is 2.74. The number of nitrogens with two attached hydrogens (primary N) is 1. The fourth-order valence-corrected chi connectivity index (χ4v) is 1.63. The average molecular weight is 227 g/mol. The van der Waals surface area contributed by atoms with Crippen LogP contribution in [0.2, 0.25) is 0 Å². The van der Waals surface area contributed by atoms with Gasteiger partial charge in [-0.15, -0.1) is 0 Å². The van der Waals surface area contributed by atoms with E-state index in [0.29, 0.717) is 11.4 Å². The van der Waals surface area contributed by atoms with Crippen LogP contribution >= 0.6 is 0 Å². The molecule has 1 aromatic carbocycles. The predicted molar refractivity (Wildman–Crippen MR) is 71.5 cm³/mol. The summed E-state index contributed by atoms with van der Waals surface area (Å²) >= 11 is 0. The number of hydrogen-bond acceptors (Lipinski definition) is 3. The van der Waals surface area contributed by atoms with E-state index in [4.69, 9.17) is 5.73 Å². The molecule has 88 valence electrons. The van der Waals surface area contributed by atoms with Gasteiger partial charge in [0.05, 0.1) is 22.9 Å². The molecule has 0 fully saturated rings. The van der Waals surface area contributed by atoms with Gasteiger partial charge in [0, 0.05) is 0 Å². The van der Waals surface area contributed by atoms with Gasteiger partial charge in [0.1, 0.15) is 5.69 Å². The Kier molecular flexibility index (Phi) is 2.62. The third kappa shape index (κ3) is 2.28. The first-order chi connectivity index (χ1) is 7.88. The highest BCUT2D eigenvalue weighted by molar-refractivity contribution is 5.77. The van der Waals surface area contributed by atoms with Gasteiger partial charge in [-0.25, -0.2) is 4.98 Å². The van der Waals surface area contributed by atoms with E-state index < -0.39 is 0 Å². The maximum absolute atomic E-state index is 5.63. The van der Waals surface area contributed by atoms with Crippen LogP contribution in [0.5, 0.6) is 0 Å². The Hall–Kier alpha value is -1.90. The maximum atomic E-state index is 5.63. The van der Waals surface area contributed by atoms with Gasteiger partial charge in [-0.3, -0.25) is 4.98 Å². The van der Waals surface area contributed by atoms with Crippen LogP contribution in [0.4, 0.5) is 0 Å². The molecule has 0 spiro atoms. The largest absolute Gasteiger partial charge is 0.397 e. The molecule has 0 amide bonds. The smallest absolute Gasteiger partial charge is 0.104 e. The number of nitrogens with zero attached hydrogens (tertiary/aromatic N) is 2. The number of benzene rings is 1. The molecule has 0 atom stereocenters. The zero-order valence-electron chi connectivity index (χ0n) is 10.5. The SMILES string of the molecule is C=C(N)c1cnc2ccc(C(C)(C)C)cc2n1. The molecule has 2 aromatic rings. The van der Waals surface area contributed by atoms with Crippen molar-refractivity contribution in [1.82, 2.24) is 9.97 Å². The van der Waals surface area contributed by atoms with Crippen molar-refractivity contribution in [2.45, 2.75) is 26.2 Å². The first-order valence-corrected chi connectivity index (χ1v) is 5.60. The van der Waals surface area contributed by atoms with Gasteiger partial charge in [-0.1, -0.05) is 33.4 Å². The van der Waals surface area contributed by atoms with Crippen molar-refractivity contribution in [3.05, 3.63) is 42.2 Å². The van der Waals surface area contributed by atoms with Crippen LogP contribution in [-0.4, -0.2) is 9.97 Å². The zero-order chi connectivity index (χ0) is 12.6. The quantitative estimate of drug-likeness (QED) is 0.815. The van der Waals surface area contributed by atoms with Gasteiger partial charge in [0.25, 0.3) is 0 Å². The molecule has 3 heteroatoms. The lowest BCUT2D eigenvalue weighted by Gasteiger charge is -2.19. The van der Waals surface area contributed by atoms with Crippen LogP contribution in [0, 0.1) is 0 Å². The Labute approximate surface area is 101 Å². The van der Waals surface area contributed by atoms with E-state index in [9.17, 15) is 0 Å². The van der Waals surface area contributed by atoms with E-state index in [-0.39, 0.29) is 5.41 Å². The Morgan fingerprint density at radius 1 is 1.24 bits per heavy atom. The maximum Gasteiger partial charge on any atom is 0.104 e. The molecule has 0 aliphatic heterocycles. The fraction of sp³-hybridized carbons (Fsp3) is 0.286. The van der Waals surface area contributed by atoms with Crippen molar-refractivity contribution in [1.29, 1.82) is 0 Å². The summed E-state index contributed by atoms with van der Waals surface area (Å²) < 4.78 is 0. The molecule has 0 saturated carbocycles. The Balaban J connectivity index is 2.62. The summed E-state index contributed by atoms with van der Waals surface area (Å²) in [6, 6.07) is 6.15. The molecule has 0 saturated heterocycles. The predicted octanol–water partition coefficient (Wildman–Crippen LogP) is 2.86. The summed E-state index contributed by atoms with van der Waals surface area (Å²) in [4.78, 5) is 8.78. The molecule has 3 nitrogen and oxygen atoms in total. The van der Waals surface area contributed by atoms with Crippen LogP contribution in [0.25, 0.3) is 16.7 Å². The lowest BCUT2D eigenvalue weighted by Crippen LogP contribution is -2.11. The summed E-state index contributed by atoms with van der Waals surface area (Å²) in [7, 11) is 0. The molecule has 17 heavy (non-hydrogen) atoms. The van der Waals surface area contributed by atoms with Crippen molar-refractivity contribution in [3.8, 4) is 0 Å². The molecular formula is C14H17N3. The normalized spacial score (nSPS) is 11.7. The first-order valence-electron chi connectivity index (χ1n) is 5.60. The fourth-order valence-electron chi connectivity index (χ4n) is 1.63. The number of rotatable bonds is 1. The van der Waals surface area contributed by atoms with Crippen molar-refractivity contribution in [2.24, 2.45) is 5.73 Å². The van der Waals surface area contributed by atoms with Gasteiger partial charge in [-0.05, 0) is 23.1 Å². The average Bonchev–Trinajstić information content (AvgIpc) is 2.26. The standard InChI is InChI=1S/C14H17N3/c1-9(15)13-8-16-11-6-5-10(14(2,3)4)7-12(11)17-13/h5-8H,1,15H2,2-4H3. The third-order valence-corrected chi connectivity index (χ3v) is 2.74. The van der Waals surface area contributed by atoms with Gasteiger partial charge in [0.15, 0.2) is 0 Å². The second-order valence-corrected chi connectivity index (χ2v) is 5.23. The Bertz CT molecular complexity index is 580. The van der Waals surface area contributed by atoms with Crippen LogP contribution < -0.4 is 5.73 Å². The molecule has 2 N–H and O–H groups in total. The lowest BCUT2D eigenvalue weighted by molar-refractivity contribution is 0.591. The molecule has 1 heterocycles. The topological polar surface area (TPSA) is 51.8 Å². The van der Waals surface area contributed by atoms with E-state index in [1.54, 1.807) is 6.20 Å². The van der Waals surface area contributed by atoms with E-state index in [1.165, 1.54) is 5.56 Å². The Morgan fingerprint density at radius 2 is 1.94 bits per heavy atom. The first kappa shape index (κ1) is 11.6. The van der Waals surface area contributed by atoms with Crippen LogP contribution in [0.15, 0.2) is 31.0 Å². The summed E-state index contributed by atoms with van der Waals surface area (Å²) in [5.74, 6) is 0. The lowest BCUT2D eigenvalue weighted by atomic mass is 9.87. The van der Waals surface area contributed by atoms with Crippen molar-refractivity contribution >= 4 is 16.7 Å². The molecule has 0 radical (unpaired) electrons. The van der Waals surface area contributed by atoms with Crippen molar-refractivity contribution in [3.63, 3.8) is 0 Å². The zero-order valence-corrected chi connectivity index (χ0v) is 10.5. The second-order valence-electron chi connectivity index (χ2n) is 5.23. The minimum Gasteiger partial charge on any atom is -0.397 e. The summed E-state index contributed by atoms with van der Waals surface area (Å²) in [6.45, 7) is 10.2. The minimum atomic E-state index is 0.103. The number of fused-ring (bicyclic) bond motifs is 1. The van der Waals surface area contributed by atoms with E-state index in [0.717, 1.165) is 11.0 Å². The van der Waals surface area contributed by atoms with Gasteiger partial charge >= 0.3 is 0 Å². The molecule has 2 rings (SSSR count). The molecule has 0 aliphatic carbocycles. The van der Waals surface area contributed by atoms with E-state index in [1.807, 2.05) is 6.07 Å². The summed E-state index contributed by atoms with van der Waals surface area (Å²) in [5, 5.41) is 0. The van der Waals surface area contributed by atoms with E-state index in [2.05, 4.69) is 49.5 Å². The Morgan fingerprint density at radius 3 is 2.53 bits per heavy atom. The summed E-state index contributed by atoms with van der Waals surface area (Å²) in [6.07, 6.45) is 1.65. The minimum absolute atomic E-state index is 0.103. The van der Waals surface area contributed by atoms with Gasteiger partial charge in [-0.2, -0.15) is 0 Å².